The standard InChI is InChI=1S/C10H14N6O/c1-10(3-2-4-12-10)8-13-5-6(14-8)15-9(11)16-7(5)17/h12H,2-4H2,1H3,(H4,11,13,14,15,16,17). The zero-order valence-electron chi connectivity index (χ0n) is 9.50. The second kappa shape index (κ2) is 3.30. The molecule has 0 spiro atoms. The van der Waals surface area contributed by atoms with Gasteiger partial charge in [0.2, 0.25) is 5.95 Å². The van der Waals surface area contributed by atoms with E-state index >= 15 is 0 Å². The van der Waals surface area contributed by atoms with Crippen LogP contribution in [0, 0.1) is 0 Å². The number of nitrogen functional groups attached to an aromatic ring is 1. The summed E-state index contributed by atoms with van der Waals surface area (Å²) in [4.78, 5) is 25.5. The second-order valence-electron chi connectivity index (χ2n) is 4.60. The average molecular weight is 234 g/mol. The molecule has 7 nitrogen and oxygen atoms in total. The molecule has 2 aromatic heterocycles. The van der Waals surface area contributed by atoms with Crippen molar-refractivity contribution in [3.05, 3.63) is 16.2 Å². The summed E-state index contributed by atoms with van der Waals surface area (Å²) in [6, 6.07) is 0. The Morgan fingerprint density at radius 2 is 2.18 bits per heavy atom. The van der Waals surface area contributed by atoms with Crippen molar-refractivity contribution in [2.45, 2.75) is 25.3 Å². The first kappa shape index (κ1) is 10.3. The molecule has 0 aromatic carbocycles. The first-order chi connectivity index (χ1) is 8.08. The third kappa shape index (κ3) is 1.50. The molecule has 1 atom stereocenters. The zero-order valence-corrected chi connectivity index (χ0v) is 9.50. The van der Waals surface area contributed by atoms with E-state index in [1.165, 1.54) is 0 Å². The predicted molar refractivity (Wildman–Crippen MR) is 63.5 cm³/mol. The monoisotopic (exact) mass is 234 g/mol. The van der Waals surface area contributed by atoms with E-state index in [1.807, 2.05) is 0 Å². The van der Waals surface area contributed by atoms with Gasteiger partial charge in [-0.1, -0.05) is 0 Å². The van der Waals surface area contributed by atoms with Crippen molar-refractivity contribution >= 4 is 17.1 Å². The fourth-order valence-corrected chi connectivity index (χ4v) is 2.28. The number of nitrogens with one attached hydrogen (secondary N) is 3. The van der Waals surface area contributed by atoms with Crippen LogP contribution in [-0.2, 0) is 5.54 Å². The van der Waals surface area contributed by atoms with Gasteiger partial charge in [-0.25, -0.2) is 4.98 Å². The molecule has 0 saturated carbocycles. The van der Waals surface area contributed by atoms with Crippen LogP contribution in [0.1, 0.15) is 25.6 Å². The van der Waals surface area contributed by atoms with Gasteiger partial charge in [0.05, 0.1) is 5.54 Å². The number of hydrogen-bond acceptors (Lipinski definition) is 5. The number of fused-ring (bicyclic) bond motifs is 1. The second-order valence-corrected chi connectivity index (χ2v) is 4.60. The van der Waals surface area contributed by atoms with Crippen LogP contribution in [0.25, 0.3) is 11.2 Å². The van der Waals surface area contributed by atoms with Crippen LogP contribution >= 0.6 is 0 Å². The van der Waals surface area contributed by atoms with Crippen LogP contribution in [0.3, 0.4) is 0 Å². The summed E-state index contributed by atoms with van der Waals surface area (Å²) in [5.74, 6) is 0.832. The highest BCUT2D eigenvalue weighted by molar-refractivity contribution is 5.70. The molecule has 1 saturated heterocycles. The lowest BCUT2D eigenvalue weighted by Gasteiger charge is -2.20. The molecule has 0 radical (unpaired) electrons. The Kier molecular flexibility index (Phi) is 1.99. The quantitative estimate of drug-likeness (QED) is 0.547. The molecule has 7 heteroatoms. The van der Waals surface area contributed by atoms with Gasteiger partial charge in [0.1, 0.15) is 5.82 Å². The van der Waals surface area contributed by atoms with Crippen LogP contribution in [-0.4, -0.2) is 26.5 Å². The lowest BCUT2D eigenvalue weighted by molar-refractivity contribution is 0.412. The molecule has 0 bridgehead atoms. The summed E-state index contributed by atoms with van der Waals surface area (Å²) < 4.78 is 0. The Balaban J connectivity index is 2.20. The van der Waals surface area contributed by atoms with Crippen molar-refractivity contribution in [2.75, 3.05) is 12.3 Å². The van der Waals surface area contributed by atoms with Gasteiger partial charge in [-0.05, 0) is 26.3 Å². The molecular weight excluding hydrogens is 220 g/mol. The van der Waals surface area contributed by atoms with Crippen molar-refractivity contribution in [1.82, 2.24) is 25.3 Å². The van der Waals surface area contributed by atoms with Crippen LogP contribution in [0.5, 0.6) is 0 Å². The number of imidazole rings is 1. The molecule has 3 rings (SSSR count). The Morgan fingerprint density at radius 1 is 1.35 bits per heavy atom. The number of rotatable bonds is 1. The normalized spacial score (nSPS) is 24.5. The Bertz CT molecular complexity index is 621. The highest BCUT2D eigenvalue weighted by Gasteiger charge is 2.33. The number of H-pyrrole nitrogens is 2. The van der Waals surface area contributed by atoms with E-state index in [4.69, 9.17) is 5.73 Å². The van der Waals surface area contributed by atoms with Gasteiger partial charge < -0.3 is 16.0 Å². The molecule has 0 aliphatic carbocycles. The predicted octanol–water partition coefficient (Wildman–Crippen LogP) is -0.173. The SMILES string of the molecule is CC1(c2nc3nc(N)[nH]c(=O)c3[nH]2)CCCN1. The third-order valence-electron chi connectivity index (χ3n) is 3.27. The van der Waals surface area contributed by atoms with Gasteiger partial charge >= 0.3 is 0 Å². The molecule has 17 heavy (non-hydrogen) atoms. The minimum absolute atomic E-state index is 0.0880. The maximum atomic E-state index is 11.7. The third-order valence-corrected chi connectivity index (χ3v) is 3.27. The van der Waals surface area contributed by atoms with Crippen LogP contribution in [0.4, 0.5) is 5.95 Å². The summed E-state index contributed by atoms with van der Waals surface area (Å²) in [5, 5.41) is 3.38. The molecule has 2 aromatic rings. The number of aromatic amines is 2. The van der Waals surface area contributed by atoms with E-state index in [0.29, 0.717) is 11.2 Å². The van der Waals surface area contributed by atoms with Gasteiger partial charge in [0.15, 0.2) is 11.2 Å². The molecule has 3 heterocycles. The average Bonchev–Trinajstić information content (AvgIpc) is 2.84. The Morgan fingerprint density at radius 3 is 2.88 bits per heavy atom. The summed E-state index contributed by atoms with van der Waals surface area (Å²) >= 11 is 0. The zero-order chi connectivity index (χ0) is 12.0. The van der Waals surface area contributed by atoms with Crippen molar-refractivity contribution in [2.24, 2.45) is 0 Å². The number of hydrogen-bond donors (Lipinski definition) is 4. The highest BCUT2D eigenvalue weighted by atomic mass is 16.1. The highest BCUT2D eigenvalue weighted by Crippen LogP contribution is 2.28. The molecule has 1 aliphatic rings. The van der Waals surface area contributed by atoms with E-state index in [1.54, 1.807) is 0 Å². The van der Waals surface area contributed by atoms with Gasteiger partial charge in [-0.15, -0.1) is 0 Å². The van der Waals surface area contributed by atoms with Crippen LogP contribution in [0.2, 0.25) is 0 Å². The minimum Gasteiger partial charge on any atom is -0.369 e. The summed E-state index contributed by atoms with van der Waals surface area (Å²) in [5.41, 5.74) is 5.74. The maximum Gasteiger partial charge on any atom is 0.278 e. The molecule has 5 N–H and O–H groups in total. The lowest BCUT2D eigenvalue weighted by Crippen LogP contribution is -2.34. The first-order valence-corrected chi connectivity index (χ1v) is 5.59. The smallest absolute Gasteiger partial charge is 0.278 e. The van der Waals surface area contributed by atoms with Gasteiger partial charge in [-0.2, -0.15) is 4.98 Å². The largest absolute Gasteiger partial charge is 0.369 e. The fraction of sp³-hybridized carbons (Fsp3) is 0.500. The van der Waals surface area contributed by atoms with E-state index in [0.717, 1.165) is 25.2 Å². The van der Waals surface area contributed by atoms with Crippen molar-refractivity contribution in [3.63, 3.8) is 0 Å². The van der Waals surface area contributed by atoms with Gasteiger partial charge in [-0.3, -0.25) is 9.78 Å². The minimum atomic E-state index is -0.284. The van der Waals surface area contributed by atoms with E-state index < -0.39 is 0 Å². The summed E-state index contributed by atoms with van der Waals surface area (Å²) in [6.45, 7) is 3.02. The van der Waals surface area contributed by atoms with E-state index in [-0.39, 0.29) is 17.0 Å². The van der Waals surface area contributed by atoms with Crippen molar-refractivity contribution in [1.29, 1.82) is 0 Å². The van der Waals surface area contributed by atoms with Crippen LogP contribution < -0.4 is 16.6 Å². The van der Waals surface area contributed by atoms with E-state index in [2.05, 4.69) is 32.2 Å². The van der Waals surface area contributed by atoms with Crippen molar-refractivity contribution in [3.8, 4) is 0 Å². The molecule has 0 amide bonds. The fourth-order valence-electron chi connectivity index (χ4n) is 2.28. The summed E-state index contributed by atoms with van der Waals surface area (Å²) in [7, 11) is 0. The molecule has 1 aliphatic heterocycles. The molecule has 90 valence electrons. The number of nitrogens with zero attached hydrogens (tertiary/aromatic N) is 2. The van der Waals surface area contributed by atoms with Crippen LogP contribution in [0.15, 0.2) is 4.79 Å². The first-order valence-electron chi connectivity index (χ1n) is 5.59. The number of nitrogens with two attached hydrogens (primary N) is 1. The number of anilines is 1. The molecule has 1 unspecified atom stereocenters. The maximum absolute atomic E-state index is 11.7. The van der Waals surface area contributed by atoms with Gasteiger partial charge in [0.25, 0.3) is 5.56 Å². The van der Waals surface area contributed by atoms with Crippen molar-refractivity contribution < 1.29 is 0 Å². The Hall–Kier alpha value is -1.89. The summed E-state index contributed by atoms with van der Waals surface area (Å²) in [6.07, 6.45) is 2.08. The number of aromatic nitrogens is 4. The topological polar surface area (TPSA) is 112 Å². The Labute approximate surface area is 96.9 Å². The molecule has 1 fully saturated rings. The lowest BCUT2D eigenvalue weighted by atomic mass is 10.00. The van der Waals surface area contributed by atoms with E-state index in [9.17, 15) is 4.79 Å². The van der Waals surface area contributed by atoms with Gasteiger partial charge in [0, 0.05) is 0 Å². The molecular formula is C10H14N6O.